The minimum Gasteiger partial charge on any atom is -0.446 e. The summed E-state index contributed by atoms with van der Waals surface area (Å²) in [5.41, 5.74) is 2.45. The third-order valence-electron chi connectivity index (χ3n) is 6.22. The Hall–Kier alpha value is -2.36. The van der Waals surface area contributed by atoms with Gasteiger partial charge in [0.2, 0.25) is 0 Å². The van der Waals surface area contributed by atoms with Crippen LogP contribution in [0.3, 0.4) is 0 Å². The van der Waals surface area contributed by atoms with Gasteiger partial charge in [-0.25, -0.2) is 9.69 Å². The van der Waals surface area contributed by atoms with Crippen molar-refractivity contribution in [2.45, 2.75) is 32.7 Å². The third kappa shape index (κ3) is 2.60. The van der Waals surface area contributed by atoms with Gasteiger partial charge in [-0.3, -0.25) is 4.79 Å². The number of nitrogens with zero attached hydrogens (tertiary/aromatic N) is 1. The summed E-state index contributed by atoms with van der Waals surface area (Å²) < 4.78 is 5.13. The summed E-state index contributed by atoms with van der Waals surface area (Å²) in [6, 6.07) is 9.19. The lowest BCUT2D eigenvalue weighted by molar-refractivity contribution is -0.124. The highest BCUT2D eigenvalue weighted by atomic mass is 16.6. The van der Waals surface area contributed by atoms with Crippen molar-refractivity contribution in [1.29, 1.82) is 0 Å². The Kier molecular flexibility index (Phi) is 3.78. The lowest BCUT2D eigenvalue weighted by atomic mass is 9.49. The van der Waals surface area contributed by atoms with Crippen molar-refractivity contribution in [3.63, 3.8) is 0 Å². The molecule has 3 aliphatic carbocycles. The summed E-state index contributed by atoms with van der Waals surface area (Å²) in [4.78, 5) is 26.0. The van der Waals surface area contributed by atoms with Gasteiger partial charge in [-0.1, -0.05) is 56.3 Å². The minimum atomic E-state index is -0.565. The quantitative estimate of drug-likeness (QED) is 0.775. The highest BCUT2D eigenvalue weighted by Crippen LogP contribution is 2.59. The number of hydrogen-bond donors (Lipinski definition) is 0. The van der Waals surface area contributed by atoms with Crippen molar-refractivity contribution in [2.75, 3.05) is 6.61 Å². The fourth-order valence-corrected chi connectivity index (χ4v) is 4.42. The molecule has 1 heterocycles. The van der Waals surface area contributed by atoms with Crippen molar-refractivity contribution in [2.24, 2.45) is 17.3 Å². The van der Waals surface area contributed by atoms with Crippen molar-refractivity contribution in [3.05, 3.63) is 59.7 Å². The molecule has 1 saturated carbocycles. The van der Waals surface area contributed by atoms with E-state index in [0.29, 0.717) is 11.3 Å². The number of amides is 2. The number of carbonyl (C=O) groups is 2. The SMILES string of the molecule is CC1(C)[C@H]2CC=C(/C=C/C(=O)N3C(=O)OC[C@H]3c3ccccc3)[C@@H]1C2. The molecule has 5 rings (SSSR count). The van der Waals surface area contributed by atoms with E-state index in [4.69, 9.17) is 4.74 Å². The Bertz CT molecular complexity index is 763. The molecule has 130 valence electrons. The molecule has 0 unspecified atom stereocenters. The molecule has 1 aromatic rings. The average Bonchev–Trinajstić information content (AvgIpc) is 3.02. The van der Waals surface area contributed by atoms with Crippen LogP contribution in [-0.4, -0.2) is 23.5 Å². The van der Waals surface area contributed by atoms with E-state index >= 15 is 0 Å². The van der Waals surface area contributed by atoms with Gasteiger partial charge in [-0.15, -0.1) is 0 Å². The first-order chi connectivity index (χ1) is 12.0. The zero-order valence-corrected chi connectivity index (χ0v) is 14.6. The predicted octanol–water partition coefficient (Wildman–Crippen LogP) is 4.26. The number of benzene rings is 1. The Morgan fingerprint density at radius 1 is 1.28 bits per heavy atom. The molecular formula is C21H23NO3. The molecule has 4 heteroatoms. The highest BCUT2D eigenvalue weighted by molar-refractivity contribution is 6.00. The molecule has 25 heavy (non-hydrogen) atoms. The molecule has 2 amide bonds. The Morgan fingerprint density at radius 2 is 2.04 bits per heavy atom. The topological polar surface area (TPSA) is 46.6 Å². The van der Waals surface area contributed by atoms with Crippen LogP contribution in [0.25, 0.3) is 0 Å². The first-order valence-corrected chi connectivity index (χ1v) is 8.91. The fourth-order valence-electron chi connectivity index (χ4n) is 4.42. The van der Waals surface area contributed by atoms with Gasteiger partial charge < -0.3 is 4.74 Å². The fraction of sp³-hybridized carbons (Fsp3) is 0.429. The van der Waals surface area contributed by atoms with Crippen molar-refractivity contribution in [3.8, 4) is 0 Å². The number of hydrogen-bond acceptors (Lipinski definition) is 3. The molecule has 0 aromatic heterocycles. The van der Waals surface area contributed by atoms with Gasteiger partial charge in [-0.05, 0) is 41.2 Å². The van der Waals surface area contributed by atoms with Crippen molar-refractivity contribution < 1.29 is 14.3 Å². The lowest BCUT2D eigenvalue weighted by Gasteiger charge is -2.56. The molecule has 2 fully saturated rings. The van der Waals surface area contributed by atoms with Crippen LogP contribution in [0.2, 0.25) is 0 Å². The summed E-state index contributed by atoms with van der Waals surface area (Å²) >= 11 is 0. The Labute approximate surface area is 148 Å². The van der Waals surface area contributed by atoms with Crippen LogP contribution in [0.1, 0.15) is 38.3 Å². The number of cyclic esters (lactones) is 1. The van der Waals surface area contributed by atoms with Gasteiger partial charge in [0, 0.05) is 6.08 Å². The molecule has 0 N–H and O–H groups in total. The van der Waals surface area contributed by atoms with E-state index in [1.807, 2.05) is 36.4 Å². The second kappa shape index (κ2) is 5.87. The average molecular weight is 337 g/mol. The second-order valence-corrected chi connectivity index (χ2v) is 7.79. The number of rotatable bonds is 3. The maximum absolute atomic E-state index is 12.7. The second-order valence-electron chi connectivity index (χ2n) is 7.79. The van der Waals surface area contributed by atoms with Crippen LogP contribution >= 0.6 is 0 Å². The van der Waals surface area contributed by atoms with Gasteiger partial charge in [0.05, 0.1) is 0 Å². The van der Waals surface area contributed by atoms with Gasteiger partial charge >= 0.3 is 6.09 Å². The highest BCUT2D eigenvalue weighted by Gasteiger charge is 2.50. The van der Waals surface area contributed by atoms with E-state index < -0.39 is 6.09 Å². The summed E-state index contributed by atoms with van der Waals surface area (Å²) in [7, 11) is 0. The van der Waals surface area contributed by atoms with Crippen LogP contribution in [0.5, 0.6) is 0 Å². The van der Waals surface area contributed by atoms with Crippen molar-refractivity contribution in [1.82, 2.24) is 4.90 Å². The summed E-state index contributed by atoms with van der Waals surface area (Å²) in [6.07, 6.45) is 7.39. The van der Waals surface area contributed by atoms with E-state index in [9.17, 15) is 9.59 Å². The zero-order chi connectivity index (χ0) is 17.6. The minimum absolute atomic E-state index is 0.211. The van der Waals surface area contributed by atoms with E-state index in [1.165, 1.54) is 23.0 Å². The third-order valence-corrected chi connectivity index (χ3v) is 6.22. The molecule has 0 spiro atoms. The van der Waals surface area contributed by atoms with Gasteiger partial charge in [0.15, 0.2) is 0 Å². The van der Waals surface area contributed by atoms with Crippen molar-refractivity contribution >= 4 is 12.0 Å². The molecule has 2 bridgehead atoms. The lowest BCUT2D eigenvalue weighted by Crippen LogP contribution is -2.47. The first kappa shape index (κ1) is 16.1. The number of ether oxygens (including phenoxy) is 1. The standard InChI is InChI=1S/C21H23NO3/c1-21(2)16-10-8-14(17(21)12-16)9-11-19(23)22-18(13-25-20(22)24)15-6-4-3-5-7-15/h3-9,11,16-18H,10,12-13H2,1-2H3/b11-9+/t16-,17-,18-/m0/s1. The summed E-state index contributed by atoms with van der Waals surface area (Å²) in [5, 5.41) is 0. The van der Waals surface area contributed by atoms with E-state index in [-0.39, 0.29) is 18.6 Å². The van der Waals surface area contributed by atoms with Gasteiger partial charge in [0.1, 0.15) is 12.6 Å². The van der Waals surface area contributed by atoms with Crippen LogP contribution in [0, 0.1) is 17.3 Å². The molecular weight excluding hydrogens is 314 g/mol. The molecule has 1 aliphatic heterocycles. The van der Waals surface area contributed by atoms with Crippen LogP contribution < -0.4 is 0 Å². The number of imide groups is 1. The number of allylic oxidation sites excluding steroid dienone is 3. The van der Waals surface area contributed by atoms with E-state index in [1.54, 1.807) is 0 Å². The Balaban J connectivity index is 1.52. The van der Waals surface area contributed by atoms with Gasteiger partial charge in [-0.2, -0.15) is 0 Å². The first-order valence-electron chi connectivity index (χ1n) is 8.91. The molecule has 3 atom stereocenters. The molecule has 4 aliphatic rings. The molecule has 4 nitrogen and oxygen atoms in total. The van der Waals surface area contributed by atoms with Crippen LogP contribution in [0.4, 0.5) is 4.79 Å². The summed E-state index contributed by atoms with van der Waals surface area (Å²) in [6.45, 7) is 4.82. The number of carbonyl (C=O) groups excluding carboxylic acids is 2. The number of fused-ring (bicyclic) bond motifs is 1. The van der Waals surface area contributed by atoms with E-state index in [2.05, 4.69) is 19.9 Å². The summed E-state index contributed by atoms with van der Waals surface area (Å²) in [5.74, 6) is 0.976. The molecule has 1 saturated heterocycles. The zero-order valence-electron chi connectivity index (χ0n) is 14.6. The maximum Gasteiger partial charge on any atom is 0.417 e. The Morgan fingerprint density at radius 3 is 2.72 bits per heavy atom. The monoisotopic (exact) mass is 337 g/mol. The molecule has 1 aromatic carbocycles. The van der Waals surface area contributed by atoms with Crippen LogP contribution in [0.15, 0.2) is 54.1 Å². The van der Waals surface area contributed by atoms with E-state index in [0.717, 1.165) is 17.9 Å². The molecule has 0 radical (unpaired) electrons. The largest absolute Gasteiger partial charge is 0.446 e. The van der Waals surface area contributed by atoms with Gasteiger partial charge in [0.25, 0.3) is 5.91 Å². The smallest absolute Gasteiger partial charge is 0.417 e. The normalized spacial score (nSPS) is 30.0. The predicted molar refractivity (Wildman–Crippen MR) is 94.6 cm³/mol. The maximum atomic E-state index is 12.7. The van der Waals surface area contributed by atoms with Crippen LogP contribution in [-0.2, 0) is 9.53 Å².